The number of allylic oxidation sites excluding steroid dienone is 1. The molecule has 0 aliphatic rings. The van der Waals surface area contributed by atoms with Crippen molar-refractivity contribution >= 4 is 12.1 Å². The Bertz CT molecular complexity index is 271. The molecule has 5 nitrogen and oxygen atoms in total. The lowest BCUT2D eigenvalue weighted by molar-refractivity contribution is -0.137. The molecular weight excluding hydrogens is 210 g/mol. The highest BCUT2D eigenvalue weighted by molar-refractivity contribution is 5.83. The van der Waals surface area contributed by atoms with Crippen molar-refractivity contribution in [1.29, 1.82) is 0 Å². The molecule has 0 unspecified atom stereocenters. The van der Waals surface area contributed by atoms with Gasteiger partial charge in [-0.25, -0.2) is 9.59 Å². The van der Waals surface area contributed by atoms with Crippen LogP contribution in [-0.4, -0.2) is 37.7 Å². The number of rotatable bonds is 5. The van der Waals surface area contributed by atoms with Crippen molar-refractivity contribution in [2.24, 2.45) is 0 Å². The first-order chi connectivity index (χ1) is 7.51. The second-order valence-corrected chi connectivity index (χ2v) is 3.38. The lowest BCUT2D eigenvalue weighted by Gasteiger charge is -2.12. The Hall–Kier alpha value is -1.52. The molecule has 0 aromatic rings. The van der Waals surface area contributed by atoms with Gasteiger partial charge in [0.05, 0.1) is 12.7 Å². The van der Waals surface area contributed by atoms with Crippen LogP contribution in [0.25, 0.3) is 0 Å². The summed E-state index contributed by atoms with van der Waals surface area (Å²) in [6, 6.07) is 0. The van der Waals surface area contributed by atoms with E-state index in [4.69, 9.17) is 9.47 Å². The van der Waals surface area contributed by atoms with Crippen LogP contribution in [0.15, 0.2) is 11.8 Å². The van der Waals surface area contributed by atoms with Crippen molar-refractivity contribution in [2.75, 3.05) is 20.7 Å². The minimum atomic E-state index is -0.496. The van der Waals surface area contributed by atoms with Crippen molar-refractivity contribution in [1.82, 2.24) is 4.90 Å². The fraction of sp³-hybridized carbons (Fsp3) is 0.636. The summed E-state index contributed by atoms with van der Waals surface area (Å²) in [6.07, 6.45) is 2.03. The Morgan fingerprint density at radius 3 is 2.31 bits per heavy atom. The van der Waals surface area contributed by atoms with Crippen LogP contribution in [0.1, 0.15) is 26.7 Å². The van der Waals surface area contributed by atoms with Crippen molar-refractivity contribution in [2.45, 2.75) is 26.7 Å². The molecule has 0 heterocycles. The summed E-state index contributed by atoms with van der Waals surface area (Å²) >= 11 is 0. The van der Waals surface area contributed by atoms with Gasteiger partial charge < -0.3 is 14.4 Å². The molecule has 1 amide bonds. The first kappa shape index (κ1) is 14.5. The lowest BCUT2D eigenvalue weighted by atomic mass is 10.3. The molecule has 0 radical (unpaired) electrons. The number of esters is 1. The second kappa shape index (κ2) is 7.73. The molecule has 0 bridgehead atoms. The van der Waals surface area contributed by atoms with E-state index < -0.39 is 12.1 Å². The molecule has 0 rings (SSSR count). The Kier molecular flexibility index (Phi) is 7.00. The van der Waals surface area contributed by atoms with Crippen LogP contribution in [-0.2, 0) is 14.3 Å². The number of hydrogen-bond acceptors (Lipinski definition) is 4. The van der Waals surface area contributed by atoms with Gasteiger partial charge in [0.2, 0.25) is 0 Å². The molecule has 0 aliphatic carbocycles. The van der Waals surface area contributed by atoms with Gasteiger partial charge in [-0.3, -0.25) is 0 Å². The predicted octanol–water partition coefficient (Wildman–Crippen LogP) is 1.93. The topological polar surface area (TPSA) is 55.8 Å². The number of nitrogens with zero attached hydrogens (tertiary/aromatic N) is 1. The summed E-state index contributed by atoms with van der Waals surface area (Å²) in [6.45, 7) is 3.95. The molecule has 0 saturated heterocycles. The number of carbonyl (C=O) groups excluding carboxylic acids is 2. The van der Waals surface area contributed by atoms with Gasteiger partial charge in [0.15, 0.2) is 0 Å². The summed E-state index contributed by atoms with van der Waals surface area (Å²) in [5.74, 6) is -0.155. The number of carbonyl (C=O) groups is 2. The minimum absolute atomic E-state index is 0.302. The number of ether oxygens (including phenoxy) is 2. The van der Waals surface area contributed by atoms with E-state index in [2.05, 4.69) is 0 Å². The molecule has 0 aliphatic heterocycles. The highest BCUT2D eigenvalue weighted by Gasteiger charge is 2.10. The van der Waals surface area contributed by atoms with Crippen LogP contribution in [0.2, 0.25) is 0 Å². The first-order valence-electron chi connectivity index (χ1n) is 5.27. The van der Waals surface area contributed by atoms with E-state index in [0.717, 1.165) is 6.42 Å². The number of hydrogen-bond donors (Lipinski definition) is 0. The Labute approximate surface area is 96.0 Å². The molecule has 0 spiro atoms. The molecule has 0 saturated carbocycles. The van der Waals surface area contributed by atoms with Gasteiger partial charge in [0, 0.05) is 20.5 Å². The first-order valence-corrected chi connectivity index (χ1v) is 5.27. The second-order valence-electron chi connectivity index (χ2n) is 3.38. The summed E-state index contributed by atoms with van der Waals surface area (Å²) < 4.78 is 9.76. The molecule has 0 N–H and O–H groups in total. The van der Waals surface area contributed by atoms with E-state index in [1.54, 1.807) is 21.0 Å². The monoisotopic (exact) mass is 229 g/mol. The van der Waals surface area contributed by atoms with Gasteiger partial charge in [-0.1, -0.05) is 6.92 Å². The van der Waals surface area contributed by atoms with Crippen LogP contribution >= 0.6 is 0 Å². The third kappa shape index (κ3) is 6.06. The Balaban J connectivity index is 4.47. The van der Waals surface area contributed by atoms with Crippen molar-refractivity contribution in [3.05, 3.63) is 11.8 Å². The molecule has 5 heteroatoms. The lowest BCUT2D eigenvalue weighted by Crippen LogP contribution is -2.22. The van der Waals surface area contributed by atoms with E-state index in [9.17, 15) is 9.59 Å². The SMILES string of the molecule is CCC/C(=C/C(=O)OCC)OC(=O)N(C)C. The van der Waals surface area contributed by atoms with Crippen LogP contribution in [0, 0.1) is 0 Å². The van der Waals surface area contributed by atoms with E-state index in [-0.39, 0.29) is 0 Å². The van der Waals surface area contributed by atoms with E-state index in [0.29, 0.717) is 18.8 Å². The zero-order valence-corrected chi connectivity index (χ0v) is 10.3. The number of amides is 1. The van der Waals surface area contributed by atoms with Crippen LogP contribution in [0.4, 0.5) is 4.79 Å². The van der Waals surface area contributed by atoms with Crippen LogP contribution in [0.5, 0.6) is 0 Å². The summed E-state index contributed by atoms with van der Waals surface area (Å²) in [5, 5.41) is 0. The van der Waals surface area contributed by atoms with Crippen LogP contribution in [0.3, 0.4) is 0 Å². The predicted molar refractivity (Wildman–Crippen MR) is 59.8 cm³/mol. The van der Waals surface area contributed by atoms with Crippen molar-refractivity contribution < 1.29 is 19.1 Å². The van der Waals surface area contributed by atoms with Crippen molar-refractivity contribution in [3.63, 3.8) is 0 Å². The Morgan fingerprint density at radius 1 is 1.25 bits per heavy atom. The van der Waals surface area contributed by atoms with Crippen LogP contribution < -0.4 is 0 Å². The van der Waals surface area contributed by atoms with Gasteiger partial charge in [-0.15, -0.1) is 0 Å². The van der Waals surface area contributed by atoms with E-state index in [1.165, 1.54) is 11.0 Å². The largest absolute Gasteiger partial charge is 0.463 e. The highest BCUT2D eigenvalue weighted by Crippen LogP contribution is 2.08. The van der Waals surface area contributed by atoms with Crippen molar-refractivity contribution in [3.8, 4) is 0 Å². The Morgan fingerprint density at radius 2 is 1.88 bits per heavy atom. The molecule has 16 heavy (non-hydrogen) atoms. The zero-order valence-electron chi connectivity index (χ0n) is 10.3. The summed E-state index contributed by atoms with van der Waals surface area (Å²) in [4.78, 5) is 23.8. The normalized spacial score (nSPS) is 10.9. The van der Waals surface area contributed by atoms with E-state index in [1.807, 2.05) is 6.92 Å². The molecule has 92 valence electrons. The maximum Gasteiger partial charge on any atom is 0.414 e. The summed E-state index contributed by atoms with van der Waals surface area (Å²) in [7, 11) is 3.16. The maximum atomic E-state index is 11.3. The highest BCUT2D eigenvalue weighted by atomic mass is 16.6. The van der Waals surface area contributed by atoms with E-state index >= 15 is 0 Å². The molecule has 0 atom stereocenters. The smallest absolute Gasteiger partial charge is 0.414 e. The quantitative estimate of drug-likeness (QED) is 0.410. The minimum Gasteiger partial charge on any atom is -0.463 e. The third-order valence-electron chi connectivity index (χ3n) is 1.65. The fourth-order valence-corrected chi connectivity index (χ4v) is 0.918. The van der Waals surface area contributed by atoms with Gasteiger partial charge in [-0.2, -0.15) is 0 Å². The average Bonchev–Trinajstić information content (AvgIpc) is 2.17. The zero-order chi connectivity index (χ0) is 12.6. The molecule has 0 aromatic carbocycles. The average molecular weight is 229 g/mol. The standard InChI is InChI=1S/C11H19NO4/c1-5-7-9(8-10(13)15-6-2)16-11(14)12(3)4/h8H,5-7H2,1-4H3/b9-8-. The molecular formula is C11H19NO4. The fourth-order valence-electron chi connectivity index (χ4n) is 0.918. The molecule has 0 aromatic heterocycles. The van der Waals surface area contributed by atoms with Gasteiger partial charge in [0.1, 0.15) is 5.76 Å². The summed E-state index contributed by atoms with van der Waals surface area (Å²) in [5.41, 5.74) is 0. The maximum absolute atomic E-state index is 11.3. The molecule has 0 fully saturated rings. The van der Waals surface area contributed by atoms with Gasteiger partial charge in [0.25, 0.3) is 0 Å². The third-order valence-corrected chi connectivity index (χ3v) is 1.65. The van der Waals surface area contributed by atoms with Gasteiger partial charge >= 0.3 is 12.1 Å². The van der Waals surface area contributed by atoms with Gasteiger partial charge in [-0.05, 0) is 13.3 Å².